The van der Waals surface area contributed by atoms with E-state index in [0.717, 1.165) is 37.9 Å². The maximum atomic E-state index is 13.6. The van der Waals surface area contributed by atoms with Crippen LogP contribution >= 0.6 is 0 Å². The van der Waals surface area contributed by atoms with Crippen molar-refractivity contribution >= 4 is 23.1 Å². The molecule has 6 heteroatoms. The van der Waals surface area contributed by atoms with Crippen LogP contribution in [0.15, 0.2) is 48.2 Å². The minimum atomic E-state index is -0.309. The van der Waals surface area contributed by atoms with Crippen LogP contribution in [0, 0.1) is 6.92 Å². The van der Waals surface area contributed by atoms with E-state index >= 15 is 0 Å². The van der Waals surface area contributed by atoms with Crippen molar-refractivity contribution < 1.29 is 19.1 Å². The largest absolute Gasteiger partial charge is 0.493 e. The average molecular weight is 406 g/mol. The molecule has 0 N–H and O–H groups in total. The fraction of sp³-hybridized carbons (Fsp3) is 0.333. The molecular weight excluding hydrogens is 380 g/mol. The molecule has 156 valence electrons. The maximum Gasteiger partial charge on any atom is 0.282 e. The van der Waals surface area contributed by atoms with Gasteiger partial charge in [0.05, 0.1) is 25.5 Å². The minimum absolute atomic E-state index is 0.268. The van der Waals surface area contributed by atoms with Gasteiger partial charge in [0.2, 0.25) is 0 Å². The Bertz CT molecular complexity index is 1000. The first kappa shape index (κ1) is 20.0. The summed E-state index contributed by atoms with van der Waals surface area (Å²) in [6, 6.07) is 12.8. The number of hydrogen-bond donors (Lipinski definition) is 0. The van der Waals surface area contributed by atoms with Crippen LogP contribution in [0.1, 0.15) is 30.4 Å². The summed E-state index contributed by atoms with van der Waals surface area (Å²) in [5.74, 6) is 0.523. The van der Waals surface area contributed by atoms with Gasteiger partial charge in [-0.3, -0.25) is 9.59 Å². The molecule has 2 aliphatic rings. The Labute approximate surface area is 176 Å². The summed E-state index contributed by atoms with van der Waals surface area (Å²) in [5, 5.41) is 0. The number of amides is 2. The summed E-state index contributed by atoms with van der Waals surface area (Å²) in [4.78, 5) is 30.4. The lowest BCUT2D eigenvalue weighted by Crippen LogP contribution is -2.37. The summed E-state index contributed by atoms with van der Waals surface area (Å²) in [5.41, 5.74) is 3.21. The predicted molar refractivity (Wildman–Crippen MR) is 116 cm³/mol. The third kappa shape index (κ3) is 3.43. The second kappa shape index (κ2) is 8.22. The van der Waals surface area contributed by atoms with Crippen molar-refractivity contribution in [2.24, 2.45) is 0 Å². The third-order valence-corrected chi connectivity index (χ3v) is 5.70. The maximum absolute atomic E-state index is 13.6. The van der Waals surface area contributed by atoms with Crippen molar-refractivity contribution in [3.63, 3.8) is 0 Å². The monoisotopic (exact) mass is 406 g/mol. The highest BCUT2D eigenvalue weighted by Gasteiger charge is 2.42. The molecule has 0 aromatic heterocycles. The number of benzene rings is 2. The predicted octanol–water partition coefficient (Wildman–Crippen LogP) is 3.78. The molecule has 0 bridgehead atoms. The van der Waals surface area contributed by atoms with Gasteiger partial charge in [0.1, 0.15) is 5.70 Å². The zero-order valence-corrected chi connectivity index (χ0v) is 17.6. The van der Waals surface area contributed by atoms with E-state index in [2.05, 4.69) is 4.90 Å². The lowest BCUT2D eigenvalue weighted by molar-refractivity contribution is -0.120. The molecule has 1 fully saturated rings. The van der Waals surface area contributed by atoms with E-state index in [4.69, 9.17) is 9.47 Å². The first-order chi connectivity index (χ1) is 14.5. The number of carbonyl (C=O) groups is 2. The standard InChI is InChI=1S/C24H26N2O4/c1-16-7-10-18(11-8-16)26-23(27)21(17-9-12-19(29-2)20(15-17)30-3)22(24(26)28)25-13-5-4-6-14-25/h7-12,15H,4-6,13-14H2,1-3H3. The van der Waals surface area contributed by atoms with E-state index in [0.29, 0.717) is 34.0 Å². The SMILES string of the molecule is COc1ccc(C2=C(N3CCCCC3)C(=O)N(c3ccc(C)cc3)C2=O)cc1OC. The van der Waals surface area contributed by atoms with Crippen molar-refractivity contribution in [2.45, 2.75) is 26.2 Å². The van der Waals surface area contributed by atoms with Gasteiger partial charge in [-0.2, -0.15) is 0 Å². The Balaban J connectivity index is 1.84. The van der Waals surface area contributed by atoms with Gasteiger partial charge in [-0.1, -0.05) is 23.8 Å². The fourth-order valence-corrected chi connectivity index (χ4v) is 4.11. The summed E-state index contributed by atoms with van der Waals surface area (Å²) in [6.07, 6.45) is 3.16. The minimum Gasteiger partial charge on any atom is -0.493 e. The van der Waals surface area contributed by atoms with Gasteiger partial charge in [-0.25, -0.2) is 4.90 Å². The summed E-state index contributed by atoms with van der Waals surface area (Å²) in [6.45, 7) is 3.52. The van der Waals surface area contributed by atoms with Gasteiger partial charge < -0.3 is 14.4 Å². The van der Waals surface area contributed by atoms with E-state index in [-0.39, 0.29) is 11.8 Å². The zero-order chi connectivity index (χ0) is 21.3. The molecule has 30 heavy (non-hydrogen) atoms. The highest BCUT2D eigenvalue weighted by Crippen LogP contribution is 2.38. The molecule has 2 aromatic rings. The number of piperidine rings is 1. The molecule has 0 saturated carbocycles. The van der Waals surface area contributed by atoms with Gasteiger partial charge in [-0.05, 0) is 56.0 Å². The van der Waals surface area contributed by atoms with Gasteiger partial charge in [0.25, 0.3) is 11.8 Å². The summed E-state index contributed by atoms with van der Waals surface area (Å²) < 4.78 is 10.8. The third-order valence-electron chi connectivity index (χ3n) is 5.70. The van der Waals surface area contributed by atoms with Crippen LogP contribution in [0.4, 0.5) is 5.69 Å². The first-order valence-corrected chi connectivity index (χ1v) is 10.2. The average Bonchev–Trinajstić information content (AvgIpc) is 3.04. The molecule has 1 saturated heterocycles. The number of nitrogens with zero attached hydrogens (tertiary/aromatic N) is 2. The summed E-state index contributed by atoms with van der Waals surface area (Å²) in [7, 11) is 3.13. The van der Waals surface area contributed by atoms with Crippen molar-refractivity contribution in [1.82, 2.24) is 4.90 Å². The normalized spacial score (nSPS) is 17.0. The molecule has 0 aliphatic carbocycles. The van der Waals surface area contributed by atoms with Gasteiger partial charge >= 0.3 is 0 Å². The number of hydrogen-bond acceptors (Lipinski definition) is 5. The quantitative estimate of drug-likeness (QED) is 0.708. The van der Waals surface area contributed by atoms with Crippen molar-refractivity contribution in [3.8, 4) is 11.5 Å². The van der Waals surface area contributed by atoms with E-state index in [1.54, 1.807) is 26.4 Å². The van der Waals surface area contributed by atoms with E-state index in [1.165, 1.54) is 4.90 Å². The number of rotatable bonds is 5. The van der Waals surface area contributed by atoms with Crippen LogP contribution in [0.5, 0.6) is 11.5 Å². The van der Waals surface area contributed by atoms with Crippen LogP contribution < -0.4 is 14.4 Å². The van der Waals surface area contributed by atoms with Crippen LogP contribution in [-0.4, -0.2) is 44.0 Å². The van der Waals surface area contributed by atoms with Crippen LogP contribution in [0.3, 0.4) is 0 Å². The Morgan fingerprint density at radius 3 is 2.10 bits per heavy atom. The molecule has 2 aromatic carbocycles. The topological polar surface area (TPSA) is 59.1 Å². The van der Waals surface area contributed by atoms with Crippen LogP contribution in [0.2, 0.25) is 0 Å². The number of methoxy groups -OCH3 is 2. The zero-order valence-electron chi connectivity index (χ0n) is 17.6. The highest BCUT2D eigenvalue weighted by atomic mass is 16.5. The molecule has 2 amide bonds. The molecule has 6 nitrogen and oxygen atoms in total. The summed E-state index contributed by atoms with van der Waals surface area (Å²) >= 11 is 0. The Morgan fingerprint density at radius 1 is 0.800 bits per heavy atom. The molecule has 0 unspecified atom stereocenters. The lowest BCUT2D eigenvalue weighted by Gasteiger charge is -2.29. The molecule has 2 heterocycles. The number of imide groups is 1. The number of anilines is 1. The molecule has 0 atom stereocenters. The number of likely N-dealkylation sites (tertiary alicyclic amines) is 1. The smallest absolute Gasteiger partial charge is 0.282 e. The Morgan fingerprint density at radius 2 is 1.47 bits per heavy atom. The number of aryl methyl sites for hydroxylation is 1. The van der Waals surface area contributed by atoms with Crippen molar-refractivity contribution in [1.29, 1.82) is 0 Å². The Kier molecular flexibility index (Phi) is 5.48. The van der Waals surface area contributed by atoms with Gasteiger partial charge in [0, 0.05) is 13.1 Å². The van der Waals surface area contributed by atoms with Gasteiger partial charge in [-0.15, -0.1) is 0 Å². The van der Waals surface area contributed by atoms with E-state index < -0.39 is 0 Å². The van der Waals surface area contributed by atoms with Crippen LogP contribution in [0.25, 0.3) is 5.57 Å². The van der Waals surface area contributed by atoms with E-state index in [1.807, 2.05) is 37.3 Å². The van der Waals surface area contributed by atoms with Gasteiger partial charge in [0.15, 0.2) is 11.5 Å². The molecule has 0 radical (unpaired) electrons. The van der Waals surface area contributed by atoms with E-state index in [9.17, 15) is 9.59 Å². The molecule has 4 rings (SSSR count). The fourth-order valence-electron chi connectivity index (χ4n) is 4.11. The lowest BCUT2D eigenvalue weighted by atomic mass is 10.0. The molecule has 2 aliphatic heterocycles. The molecule has 0 spiro atoms. The molecular formula is C24H26N2O4. The number of carbonyl (C=O) groups excluding carboxylic acids is 2. The number of ether oxygens (including phenoxy) is 2. The first-order valence-electron chi connectivity index (χ1n) is 10.2. The van der Waals surface area contributed by atoms with Crippen molar-refractivity contribution in [3.05, 3.63) is 59.3 Å². The van der Waals surface area contributed by atoms with Crippen molar-refractivity contribution in [2.75, 3.05) is 32.2 Å². The Hall–Kier alpha value is -3.28. The second-order valence-electron chi connectivity index (χ2n) is 7.62. The second-order valence-corrected chi connectivity index (χ2v) is 7.62. The highest BCUT2D eigenvalue weighted by molar-refractivity contribution is 6.45. The van der Waals surface area contributed by atoms with Crippen LogP contribution in [-0.2, 0) is 9.59 Å².